The van der Waals surface area contributed by atoms with Crippen LogP contribution in [0.25, 0.3) is 17.2 Å². The number of fused-ring (bicyclic) bond motifs is 1. The maximum absolute atomic E-state index is 12.9. The molecular formula is C25H25N5O4. The Hall–Kier alpha value is -3.98. The van der Waals surface area contributed by atoms with Crippen molar-refractivity contribution in [3.8, 4) is 17.1 Å². The quantitative estimate of drug-likeness (QED) is 0.440. The molecule has 5 rings (SSSR count). The molecule has 2 aromatic carbocycles. The molecule has 0 aliphatic carbocycles. The Morgan fingerprint density at radius 3 is 2.71 bits per heavy atom. The van der Waals surface area contributed by atoms with E-state index in [-0.39, 0.29) is 29.3 Å². The summed E-state index contributed by atoms with van der Waals surface area (Å²) in [6, 6.07) is 16.3. The van der Waals surface area contributed by atoms with Crippen molar-refractivity contribution in [2.45, 2.75) is 20.5 Å². The molecule has 1 saturated heterocycles. The number of ether oxygens (including phenoxy) is 2. The van der Waals surface area contributed by atoms with Gasteiger partial charge >= 0.3 is 0 Å². The van der Waals surface area contributed by atoms with E-state index in [0.29, 0.717) is 42.6 Å². The van der Waals surface area contributed by atoms with Gasteiger partial charge in [0.15, 0.2) is 5.82 Å². The first-order valence-electron chi connectivity index (χ1n) is 11.0. The molecule has 2 N–H and O–H groups in total. The molecule has 1 aliphatic heterocycles. The van der Waals surface area contributed by atoms with Crippen LogP contribution in [0.5, 0.6) is 5.75 Å². The fourth-order valence-electron chi connectivity index (χ4n) is 3.86. The smallest absolute Gasteiger partial charge is 0.274 e. The molecule has 9 heteroatoms. The van der Waals surface area contributed by atoms with E-state index in [1.807, 2.05) is 49.4 Å². The first kappa shape index (κ1) is 21.8. The molecule has 0 atom stereocenters. The normalized spacial score (nSPS) is 14.5. The van der Waals surface area contributed by atoms with Gasteiger partial charge in [-0.15, -0.1) is 0 Å². The highest BCUT2D eigenvalue weighted by Crippen LogP contribution is 2.27. The molecule has 0 radical (unpaired) electrons. The van der Waals surface area contributed by atoms with E-state index < -0.39 is 0 Å². The highest BCUT2D eigenvalue weighted by molar-refractivity contribution is 5.98. The molecule has 3 heterocycles. The summed E-state index contributed by atoms with van der Waals surface area (Å²) in [6.07, 6.45) is 0. The van der Waals surface area contributed by atoms with Crippen molar-refractivity contribution in [1.82, 2.24) is 24.9 Å². The SMILES string of the molecule is Cc1cccc(OCc2cc(=O)n3[nH]c(-c4ccccc4)nc3n2)c1C(=O)NCC1(C)COC1. The Morgan fingerprint density at radius 1 is 1.18 bits per heavy atom. The number of H-pyrrole nitrogens is 1. The van der Waals surface area contributed by atoms with Crippen molar-refractivity contribution in [2.24, 2.45) is 5.41 Å². The van der Waals surface area contributed by atoms with E-state index in [9.17, 15) is 9.59 Å². The largest absolute Gasteiger partial charge is 0.486 e. The molecule has 0 saturated carbocycles. The number of nitrogens with one attached hydrogen (secondary N) is 2. The minimum absolute atomic E-state index is 0.0224. The minimum Gasteiger partial charge on any atom is -0.486 e. The summed E-state index contributed by atoms with van der Waals surface area (Å²) < 4.78 is 12.5. The van der Waals surface area contributed by atoms with Crippen LogP contribution in [0.3, 0.4) is 0 Å². The van der Waals surface area contributed by atoms with E-state index in [1.165, 1.54) is 10.6 Å². The van der Waals surface area contributed by atoms with Crippen molar-refractivity contribution in [1.29, 1.82) is 0 Å². The minimum atomic E-state index is -0.295. The van der Waals surface area contributed by atoms with Crippen molar-refractivity contribution >= 4 is 11.7 Å². The Balaban J connectivity index is 1.35. The van der Waals surface area contributed by atoms with Gasteiger partial charge in [-0.1, -0.05) is 49.4 Å². The zero-order valence-corrected chi connectivity index (χ0v) is 19.0. The van der Waals surface area contributed by atoms with Gasteiger partial charge in [0.1, 0.15) is 12.4 Å². The van der Waals surface area contributed by atoms with Crippen molar-refractivity contribution in [2.75, 3.05) is 19.8 Å². The summed E-state index contributed by atoms with van der Waals surface area (Å²) in [6.45, 7) is 5.75. The predicted octanol–water partition coefficient (Wildman–Crippen LogP) is 2.74. The van der Waals surface area contributed by atoms with E-state index in [2.05, 4.69) is 27.3 Å². The Labute approximate surface area is 195 Å². The zero-order chi connectivity index (χ0) is 23.7. The summed E-state index contributed by atoms with van der Waals surface area (Å²) in [5.74, 6) is 1.03. The first-order chi connectivity index (χ1) is 16.4. The summed E-state index contributed by atoms with van der Waals surface area (Å²) >= 11 is 0. The Morgan fingerprint density at radius 2 is 1.97 bits per heavy atom. The number of rotatable bonds is 7. The molecule has 1 amide bonds. The highest BCUT2D eigenvalue weighted by atomic mass is 16.5. The number of nitrogens with zero attached hydrogens (tertiary/aromatic N) is 3. The number of aromatic nitrogens is 4. The lowest BCUT2D eigenvalue weighted by atomic mass is 9.88. The molecule has 174 valence electrons. The lowest BCUT2D eigenvalue weighted by molar-refractivity contribution is -0.0978. The number of hydrogen-bond acceptors (Lipinski definition) is 6. The third-order valence-corrected chi connectivity index (χ3v) is 5.84. The van der Waals surface area contributed by atoms with Gasteiger partial charge in [0.05, 0.1) is 24.5 Å². The van der Waals surface area contributed by atoms with Gasteiger partial charge < -0.3 is 14.8 Å². The number of aryl methyl sites for hydroxylation is 1. The number of carbonyl (C=O) groups excluding carboxylic acids is 1. The van der Waals surface area contributed by atoms with Crippen LogP contribution in [0.2, 0.25) is 0 Å². The number of hydrogen-bond donors (Lipinski definition) is 2. The fourth-order valence-corrected chi connectivity index (χ4v) is 3.86. The van der Waals surface area contributed by atoms with Crippen LogP contribution in [0.4, 0.5) is 0 Å². The monoisotopic (exact) mass is 459 g/mol. The van der Waals surface area contributed by atoms with Gasteiger partial charge in [-0.3, -0.25) is 14.7 Å². The third kappa shape index (κ3) is 4.29. The van der Waals surface area contributed by atoms with Crippen LogP contribution in [-0.2, 0) is 11.3 Å². The second kappa shape index (κ2) is 8.75. The molecule has 1 aliphatic rings. The summed E-state index contributed by atoms with van der Waals surface area (Å²) in [5.41, 5.74) is 2.20. The predicted molar refractivity (Wildman–Crippen MR) is 126 cm³/mol. The molecule has 0 bridgehead atoms. The number of benzene rings is 2. The first-order valence-corrected chi connectivity index (χ1v) is 11.0. The van der Waals surface area contributed by atoms with Crippen LogP contribution < -0.4 is 15.6 Å². The lowest BCUT2D eigenvalue weighted by Crippen LogP contribution is -2.48. The van der Waals surface area contributed by atoms with Crippen LogP contribution in [0.15, 0.2) is 59.4 Å². The Bertz CT molecular complexity index is 1410. The van der Waals surface area contributed by atoms with Crippen LogP contribution >= 0.6 is 0 Å². The standard InChI is InChI=1S/C25H25N5O4/c1-16-7-6-10-19(21(16)23(32)26-13-25(2)14-33-15-25)34-12-18-11-20(31)30-24(27-18)28-22(29-30)17-8-4-3-5-9-17/h3-11H,12-15H2,1-2H3,(H,26,32)(H,27,28,29). The van der Waals surface area contributed by atoms with E-state index >= 15 is 0 Å². The zero-order valence-electron chi connectivity index (χ0n) is 19.0. The van der Waals surface area contributed by atoms with E-state index in [0.717, 1.165) is 11.1 Å². The summed E-state index contributed by atoms with van der Waals surface area (Å²) in [5, 5.41) is 5.97. The van der Waals surface area contributed by atoms with E-state index in [4.69, 9.17) is 9.47 Å². The van der Waals surface area contributed by atoms with Crippen molar-refractivity contribution in [3.05, 3.63) is 81.8 Å². The molecule has 0 spiro atoms. The molecule has 0 unspecified atom stereocenters. The number of carbonyl (C=O) groups is 1. The average molecular weight is 460 g/mol. The van der Waals surface area contributed by atoms with Gasteiger partial charge in [-0.05, 0) is 18.6 Å². The fraction of sp³-hybridized carbons (Fsp3) is 0.280. The van der Waals surface area contributed by atoms with E-state index in [1.54, 1.807) is 6.07 Å². The summed E-state index contributed by atoms with van der Waals surface area (Å²) in [4.78, 5) is 34.5. The number of amides is 1. The van der Waals surface area contributed by atoms with Gasteiger partial charge in [0.2, 0.25) is 0 Å². The summed E-state index contributed by atoms with van der Waals surface area (Å²) in [7, 11) is 0. The maximum Gasteiger partial charge on any atom is 0.274 e. The highest BCUT2D eigenvalue weighted by Gasteiger charge is 2.34. The topological polar surface area (TPSA) is 111 Å². The van der Waals surface area contributed by atoms with Crippen LogP contribution in [0, 0.1) is 12.3 Å². The van der Waals surface area contributed by atoms with Gasteiger partial charge in [0.25, 0.3) is 17.2 Å². The second-order valence-corrected chi connectivity index (χ2v) is 8.88. The molecule has 34 heavy (non-hydrogen) atoms. The number of aromatic amines is 1. The van der Waals surface area contributed by atoms with Gasteiger partial charge in [-0.2, -0.15) is 9.50 Å². The Kier molecular flexibility index (Phi) is 5.62. The van der Waals surface area contributed by atoms with Crippen LogP contribution in [0.1, 0.15) is 28.5 Å². The van der Waals surface area contributed by atoms with Crippen LogP contribution in [-0.4, -0.2) is 45.2 Å². The van der Waals surface area contributed by atoms with Gasteiger partial charge in [-0.25, -0.2) is 4.98 Å². The third-order valence-electron chi connectivity index (χ3n) is 5.84. The van der Waals surface area contributed by atoms with Crippen molar-refractivity contribution in [3.63, 3.8) is 0 Å². The molecule has 9 nitrogen and oxygen atoms in total. The molecule has 1 fully saturated rings. The second-order valence-electron chi connectivity index (χ2n) is 8.88. The van der Waals surface area contributed by atoms with Crippen molar-refractivity contribution < 1.29 is 14.3 Å². The molecule has 4 aromatic rings. The lowest BCUT2D eigenvalue weighted by Gasteiger charge is -2.38. The molecular weight excluding hydrogens is 434 g/mol. The maximum atomic E-state index is 12.9. The average Bonchev–Trinajstić information content (AvgIpc) is 3.25. The van der Waals surface area contributed by atoms with Gasteiger partial charge in [0, 0.05) is 23.6 Å². The molecule has 2 aromatic heterocycles.